The number of carbonyl (C=O) groups excluding carboxylic acids is 1. The van der Waals surface area contributed by atoms with Gasteiger partial charge in [-0.2, -0.15) is 0 Å². The third-order valence-corrected chi connectivity index (χ3v) is 5.40. The van der Waals surface area contributed by atoms with Crippen molar-refractivity contribution >= 4 is 29.3 Å². The predicted octanol–water partition coefficient (Wildman–Crippen LogP) is 3.91. The Kier molecular flexibility index (Phi) is 5.79. The van der Waals surface area contributed by atoms with Crippen molar-refractivity contribution in [3.63, 3.8) is 0 Å². The molecule has 5 nitrogen and oxygen atoms in total. The van der Waals surface area contributed by atoms with Gasteiger partial charge in [0.15, 0.2) is 5.82 Å². The number of halogens is 1. The molecule has 0 radical (unpaired) electrons. The van der Waals surface area contributed by atoms with E-state index in [2.05, 4.69) is 27.4 Å². The summed E-state index contributed by atoms with van der Waals surface area (Å²) in [5, 5.41) is 11.4. The van der Waals surface area contributed by atoms with E-state index in [1.807, 2.05) is 24.3 Å². The summed E-state index contributed by atoms with van der Waals surface area (Å²) in [7, 11) is 0. The van der Waals surface area contributed by atoms with Gasteiger partial charge in [-0.15, -0.1) is 5.10 Å². The first-order chi connectivity index (χ1) is 11.6. The average molecular weight is 365 g/mol. The van der Waals surface area contributed by atoms with E-state index in [9.17, 15) is 4.79 Å². The van der Waals surface area contributed by atoms with Crippen molar-refractivity contribution in [3.8, 4) is 11.4 Å². The van der Waals surface area contributed by atoms with E-state index in [1.165, 1.54) is 24.6 Å². The zero-order chi connectivity index (χ0) is 16.9. The van der Waals surface area contributed by atoms with Gasteiger partial charge in [0.2, 0.25) is 11.1 Å². The monoisotopic (exact) mass is 364 g/mol. The van der Waals surface area contributed by atoms with Crippen LogP contribution in [0.4, 0.5) is 0 Å². The lowest BCUT2D eigenvalue weighted by Gasteiger charge is -2.26. The summed E-state index contributed by atoms with van der Waals surface area (Å²) in [4.78, 5) is 16.5. The van der Waals surface area contributed by atoms with Gasteiger partial charge >= 0.3 is 0 Å². The molecular formula is C17H21ClN4OS. The Morgan fingerprint density at radius 2 is 2.00 bits per heavy atom. The van der Waals surface area contributed by atoms with E-state index in [4.69, 9.17) is 11.6 Å². The molecule has 1 heterocycles. The Labute approximate surface area is 151 Å². The maximum Gasteiger partial charge on any atom is 0.230 e. The molecule has 128 valence electrons. The van der Waals surface area contributed by atoms with Gasteiger partial charge < -0.3 is 5.32 Å². The molecule has 0 unspecified atom stereocenters. The Morgan fingerprint density at radius 1 is 1.29 bits per heavy atom. The summed E-state index contributed by atoms with van der Waals surface area (Å²) in [6.07, 6.45) is 4.56. The number of amides is 1. The highest BCUT2D eigenvalue weighted by Gasteiger charge is 2.20. The molecule has 24 heavy (non-hydrogen) atoms. The summed E-state index contributed by atoms with van der Waals surface area (Å²) in [5.41, 5.74) is 0.916. The molecule has 1 fully saturated rings. The minimum Gasteiger partial charge on any atom is -0.353 e. The van der Waals surface area contributed by atoms with E-state index in [0.29, 0.717) is 27.8 Å². The molecule has 1 aromatic heterocycles. The number of carbonyl (C=O) groups is 1. The van der Waals surface area contributed by atoms with Crippen molar-refractivity contribution in [3.05, 3.63) is 29.3 Å². The van der Waals surface area contributed by atoms with Crippen LogP contribution in [0.15, 0.2) is 29.4 Å². The number of thioether (sulfide) groups is 1. The van der Waals surface area contributed by atoms with Crippen LogP contribution in [0.1, 0.15) is 32.6 Å². The number of aromatic nitrogens is 3. The first kappa shape index (κ1) is 17.3. The first-order valence-electron chi connectivity index (χ1n) is 8.20. The van der Waals surface area contributed by atoms with Crippen LogP contribution >= 0.6 is 23.4 Å². The highest BCUT2D eigenvalue weighted by atomic mass is 35.5. The lowest BCUT2D eigenvalue weighted by Crippen LogP contribution is -2.38. The van der Waals surface area contributed by atoms with Gasteiger partial charge in [0.25, 0.3) is 0 Å². The van der Waals surface area contributed by atoms with Crippen LogP contribution < -0.4 is 5.32 Å². The fourth-order valence-corrected chi connectivity index (χ4v) is 3.59. The molecule has 7 heteroatoms. The number of hydrogen-bond acceptors (Lipinski definition) is 4. The van der Waals surface area contributed by atoms with Crippen LogP contribution in [0.25, 0.3) is 11.4 Å². The molecular weight excluding hydrogens is 344 g/mol. The largest absolute Gasteiger partial charge is 0.353 e. The lowest BCUT2D eigenvalue weighted by atomic mass is 9.87. The third kappa shape index (κ3) is 4.74. The van der Waals surface area contributed by atoms with Gasteiger partial charge in [-0.1, -0.05) is 30.3 Å². The maximum atomic E-state index is 12.1. The minimum atomic E-state index is 0.0531. The van der Waals surface area contributed by atoms with Crippen molar-refractivity contribution in [1.82, 2.24) is 20.5 Å². The van der Waals surface area contributed by atoms with Crippen molar-refractivity contribution in [2.24, 2.45) is 5.92 Å². The Morgan fingerprint density at radius 3 is 2.71 bits per heavy atom. The van der Waals surface area contributed by atoms with Crippen molar-refractivity contribution in [2.45, 2.75) is 43.8 Å². The van der Waals surface area contributed by atoms with E-state index >= 15 is 0 Å². The van der Waals surface area contributed by atoms with Crippen LogP contribution in [0.5, 0.6) is 0 Å². The Bertz CT molecular complexity index is 680. The number of rotatable bonds is 5. The number of nitrogens with zero attached hydrogens (tertiary/aromatic N) is 2. The smallest absolute Gasteiger partial charge is 0.230 e. The van der Waals surface area contributed by atoms with Crippen LogP contribution in [-0.2, 0) is 4.79 Å². The van der Waals surface area contributed by atoms with Crippen LogP contribution in [0.2, 0.25) is 5.02 Å². The zero-order valence-electron chi connectivity index (χ0n) is 13.6. The van der Waals surface area contributed by atoms with Gasteiger partial charge in [-0.05, 0) is 55.9 Å². The minimum absolute atomic E-state index is 0.0531. The molecule has 2 N–H and O–H groups in total. The molecule has 2 aromatic rings. The Hall–Kier alpha value is -1.53. The summed E-state index contributed by atoms with van der Waals surface area (Å²) in [5.74, 6) is 1.85. The molecule has 1 amide bonds. The highest BCUT2D eigenvalue weighted by molar-refractivity contribution is 7.99. The van der Waals surface area contributed by atoms with Crippen molar-refractivity contribution in [1.29, 1.82) is 0 Å². The summed E-state index contributed by atoms with van der Waals surface area (Å²) in [6, 6.07) is 7.71. The lowest BCUT2D eigenvalue weighted by molar-refractivity contribution is -0.119. The maximum absolute atomic E-state index is 12.1. The molecule has 0 saturated heterocycles. The second kappa shape index (κ2) is 8.03. The van der Waals surface area contributed by atoms with Gasteiger partial charge in [0.1, 0.15) is 0 Å². The predicted molar refractivity (Wildman–Crippen MR) is 97.1 cm³/mol. The second-order valence-electron chi connectivity index (χ2n) is 6.29. The highest BCUT2D eigenvalue weighted by Crippen LogP contribution is 2.24. The van der Waals surface area contributed by atoms with E-state index in [-0.39, 0.29) is 5.91 Å². The van der Waals surface area contributed by atoms with E-state index in [0.717, 1.165) is 24.3 Å². The molecule has 3 rings (SSSR count). The summed E-state index contributed by atoms with van der Waals surface area (Å²) in [6.45, 7) is 2.27. The normalized spacial score (nSPS) is 20.8. The third-order valence-electron chi connectivity index (χ3n) is 4.30. The van der Waals surface area contributed by atoms with Gasteiger partial charge in [0, 0.05) is 16.6 Å². The first-order valence-corrected chi connectivity index (χ1v) is 9.57. The van der Waals surface area contributed by atoms with Crippen LogP contribution in [-0.4, -0.2) is 32.9 Å². The van der Waals surface area contributed by atoms with Gasteiger partial charge in [-0.25, -0.2) is 4.98 Å². The molecule has 0 spiro atoms. The van der Waals surface area contributed by atoms with Crippen molar-refractivity contribution in [2.75, 3.05) is 5.75 Å². The quantitative estimate of drug-likeness (QED) is 0.789. The number of nitrogens with one attached hydrogen (secondary N) is 2. The van der Waals surface area contributed by atoms with Crippen LogP contribution in [0.3, 0.4) is 0 Å². The molecule has 1 aliphatic carbocycles. The molecule has 0 aliphatic heterocycles. The van der Waals surface area contributed by atoms with Crippen LogP contribution in [0, 0.1) is 5.92 Å². The molecule has 1 saturated carbocycles. The van der Waals surface area contributed by atoms with E-state index in [1.54, 1.807) is 0 Å². The van der Waals surface area contributed by atoms with Gasteiger partial charge in [0.05, 0.1) is 5.75 Å². The molecule has 0 atom stereocenters. The molecule has 1 aromatic carbocycles. The van der Waals surface area contributed by atoms with Gasteiger partial charge in [-0.3, -0.25) is 9.89 Å². The molecule has 1 aliphatic rings. The summed E-state index contributed by atoms with van der Waals surface area (Å²) >= 11 is 7.23. The average Bonchev–Trinajstić information content (AvgIpc) is 3.05. The standard InChI is InChI=1S/C17H21ClN4OS/c1-11-2-8-14(9-3-11)19-15(23)10-24-17-20-16(21-22-17)12-4-6-13(18)7-5-12/h4-7,11,14H,2-3,8-10H2,1H3,(H,19,23)(H,20,21,22). The number of H-pyrrole nitrogens is 1. The second-order valence-corrected chi connectivity index (χ2v) is 7.67. The topological polar surface area (TPSA) is 70.7 Å². The fourth-order valence-electron chi connectivity index (χ4n) is 2.85. The molecule has 0 bridgehead atoms. The zero-order valence-corrected chi connectivity index (χ0v) is 15.2. The number of benzene rings is 1. The Balaban J connectivity index is 1.48. The SMILES string of the molecule is CC1CCC(NC(=O)CSc2n[nH]c(-c3ccc(Cl)cc3)n2)CC1. The number of hydrogen-bond donors (Lipinski definition) is 2. The fraction of sp³-hybridized carbons (Fsp3) is 0.471. The number of aromatic amines is 1. The van der Waals surface area contributed by atoms with Crippen molar-refractivity contribution < 1.29 is 4.79 Å². The van der Waals surface area contributed by atoms with E-state index < -0.39 is 0 Å². The summed E-state index contributed by atoms with van der Waals surface area (Å²) < 4.78 is 0.